The molecular formula is C11H19NO5. The third-order valence-corrected chi connectivity index (χ3v) is 1.86. The van der Waals surface area contributed by atoms with E-state index in [0.717, 1.165) is 0 Å². The smallest absolute Gasteiger partial charge is 0.320 e. The van der Waals surface area contributed by atoms with Crippen molar-refractivity contribution in [1.82, 2.24) is 0 Å². The van der Waals surface area contributed by atoms with Crippen LogP contribution in [0.25, 0.3) is 0 Å². The van der Waals surface area contributed by atoms with Crippen LogP contribution in [0.1, 0.15) is 33.6 Å². The molecule has 0 fully saturated rings. The Bertz CT molecular complexity index is 305. The summed E-state index contributed by atoms with van der Waals surface area (Å²) >= 11 is 0. The van der Waals surface area contributed by atoms with Gasteiger partial charge in [0.2, 0.25) is 5.91 Å². The Labute approximate surface area is 100 Å². The van der Waals surface area contributed by atoms with Crippen molar-refractivity contribution in [3.05, 3.63) is 0 Å². The van der Waals surface area contributed by atoms with Crippen molar-refractivity contribution < 1.29 is 23.9 Å². The molecule has 0 aromatic heterocycles. The summed E-state index contributed by atoms with van der Waals surface area (Å²) in [6, 6.07) is 0. The van der Waals surface area contributed by atoms with Crippen molar-refractivity contribution in [2.45, 2.75) is 39.2 Å². The van der Waals surface area contributed by atoms with Crippen molar-refractivity contribution >= 4 is 17.8 Å². The van der Waals surface area contributed by atoms with Crippen molar-refractivity contribution in [1.29, 1.82) is 0 Å². The van der Waals surface area contributed by atoms with E-state index < -0.39 is 29.4 Å². The molecule has 0 radical (unpaired) electrons. The van der Waals surface area contributed by atoms with Crippen LogP contribution >= 0.6 is 0 Å². The molecule has 0 spiro atoms. The summed E-state index contributed by atoms with van der Waals surface area (Å²) < 4.78 is 9.55. The van der Waals surface area contributed by atoms with Crippen LogP contribution < -0.4 is 5.73 Å². The van der Waals surface area contributed by atoms with E-state index in [9.17, 15) is 14.4 Å². The predicted octanol–water partition coefficient (Wildman–Crippen LogP) is 0.383. The molecule has 0 heterocycles. The summed E-state index contributed by atoms with van der Waals surface area (Å²) in [5.41, 5.74) is 4.27. The standard InChI is InChI=1S/C11H19NO5/c1-11(2,3)17-10(15)7(9(14)16-4)5-6-8(12)13/h7H,5-6H2,1-4H3,(H2,12,13). The fraction of sp³-hybridized carbons (Fsp3) is 0.727. The highest BCUT2D eigenvalue weighted by Crippen LogP contribution is 2.16. The van der Waals surface area contributed by atoms with E-state index in [-0.39, 0.29) is 12.8 Å². The summed E-state index contributed by atoms with van der Waals surface area (Å²) in [4.78, 5) is 33.7. The lowest BCUT2D eigenvalue weighted by Gasteiger charge is -2.22. The lowest BCUT2D eigenvalue weighted by atomic mass is 10.0. The van der Waals surface area contributed by atoms with E-state index in [0.29, 0.717) is 0 Å². The Morgan fingerprint density at radius 1 is 1.18 bits per heavy atom. The molecule has 98 valence electrons. The predicted molar refractivity (Wildman–Crippen MR) is 59.8 cm³/mol. The SMILES string of the molecule is COC(=O)C(CCC(N)=O)C(=O)OC(C)(C)C. The van der Waals surface area contributed by atoms with Crippen molar-refractivity contribution in [2.24, 2.45) is 11.7 Å². The maximum Gasteiger partial charge on any atom is 0.320 e. The van der Waals surface area contributed by atoms with Crippen LogP contribution in [0.4, 0.5) is 0 Å². The number of rotatable bonds is 5. The first kappa shape index (κ1) is 15.4. The number of hydrogen-bond acceptors (Lipinski definition) is 5. The van der Waals surface area contributed by atoms with E-state index in [4.69, 9.17) is 10.5 Å². The highest BCUT2D eigenvalue weighted by atomic mass is 16.6. The van der Waals surface area contributed by atoms with E-state index in [1.165, 1.54) is 7.11 Å². The van der Waals surface area contributed by atoms with Gasteiger partial charge in [-0.2, -0.15) is 0 Å². The van der Waals surface area contributed by atoms with Gasteiger partial charge in [0.15, 0.2) is 5.92 Å². The van der Waals surface area contributed by atoms with Crippen LogP contribution in [-0.4, -0.2) is 30.6 Å². The van der Waals surface area contributed by atoms with Gasteiger partial charge < -0.3 is 15.2 Å². The van der Waals surface area contributed by atoms with Crippen LogP contribution in [0.5, 0.6) is 0 Å². The second kappa shape index (κ2) is 6.22. The number of primary amides is 1. The number of esters is 2. The molecule has 1 atom stereocenters. The molecule has 0 rings (SSSR count). The fourth-order valence-electron chi connectivity index (χ4n) is 1.13. The van der Waals surface area contributed by atoms with Crippen LogP contribution in [0, 0.1) is 5.92 Å². The molecule has 6 heteroatoms. The number of hydrogen-bond donors (Lipinski definition) is 1. The normalized spacial score (nSPS) is 12.7. The second-order valence-electron chi connectivity index (χ2n) is 4.61. The lowest BCUT2D eigenvalue weighted by molar-refractivity contribution is -0.168. The molecule has 0 aromatic rings. The van der Waals surface area contributed by atoms with Crippen LogP contribution in [0.2, 0.25) is 0 Å². The van der Waals surface area contributed by atoms with E-state index in [1.807, 2.05) is 0 Å². The summed E-state index contributed by atoms with van der Waals surface area (Å²) in [7, 11) is 1.17. The molecule has 6 nitrogen and oxygen atoms in total. The Kier molecular flexibility index (Phi) is 5.64. The Balaban J connectivity index is 4.62. The van der Waals surface area contributed by atoms with Gasteiger partial charge in [0, 0.05) is 6.42 Å². The van der Waals surface area contributed by atoms with Crippen LogP contribution in [0.3, 0.4) is 0 Å². The van der Waals surface area contributed by atoms with Crippen molar-refractivity contribution in [2.75, 3.05) is 7.11 Å². The first-order valence-corrected chi connectivity index (χ1v) is 5.26. The zero-order valence-corrected chi connectivity index (χ0v) is 10.6. The Morgan fingerprint density at radius 3 is 2.06 bits per heavy atom. The topological polar surface area (TPSA) is 95.7 Å². The van der Waals surface area contributed by atoms with E-state index in [1.54, 1.807) is 20.8 Å². The monoisotopic (exact) mass is 245 g/mol. The third kappa shape index (κ3) is 6.55. The number of methoxy groups -OCH3 is 1. The van der Waals surface area contributed by atoms with Crippen LogP contribution in [0.15, 0.2) is 0 Å². The molecule has 1 unspecified atom stereocenters. The molecule has 0 aliphatic rings. The maximum atomic E-state index is 11.7. The molecule has 0 aliphatic carbocycles. The van der Waals surface area contributed by atoms with Crippen molar-refractivity contribution in [3.63, 3.8) is 0 Å². The highest BCUT2D eigenvalue weighted by Gasteiger charge is 2.32. The molecule has 17 heavy (non-hydrogen) atoms. The molecule has 0 aliphatic heterocycles. The summed E-state index contributed by atoms with van der Waals surface area (Å²) in [5.74, 6) is -3.11. The summed E-state index contributed by atoms with van der Waals surface area (Å²) in [5, 5.41) is 0. The molecule has 0 aromatic carbocycles. The number of carbonyl (C=O) groups excluding carboxylic acids is 3. The molecular weight excluding hydrogens is 226 g/mol. The maximum absolute atomic E-state index is 11.7. The number of carbonyl (C=O) groups is 3. The minimum atomic E-state index is -1.10. The summed E-state index contributed by atoms with van der Waals surface area (Å²) in [6.07, 6.45) is -0.0735. The third-order valence-electron chi connectivity index (χ3n) is 1.86. The van der Waals surface area contributed by atoms with E-state index in [2.05, 4.69) is 4.74 Å². The highest BCUT2D eigenvalue weighted by molar-refractivity contribution is 5.95. The molecule has 0 saturated heterocycles. The van der Waals surface area contributed by atoms with Gasteiger partial charge in [-0.1, -0.05) is 0 Å². The quantitative estimate of drug-likeness (QED) is 0.558. The van der Waals surface area contributed by atoms with Gasteiger partial charge in [0.05, 0.1) is 7.11 Å². The molecule has 2 N–H and O–H groups in total. The Hall–Kier alpha value is -1.59. The largest absolute Gasteiger partial charge is 0.468 e. The van der Waals surface area contributed by atoms with Crippen LogP contribution in [-0.2, 0) is 23.9 Å². The number of nitrogens with two attached hydrogens (primary N) is 1. The van der Waals surface area contributed by atoms with Gasteiger partial charge in [0.1, 0.15) is 5.60 Å². The molecule has 0 saturated carbocycles. The molecule has 0 bridgehead atoms. The Morgan fingerprint density at radius 2 is 1.71 bits per heavy atom. The van der Waals surface area contributed by atoms with E-state index >= 15 is 0 Å². The second-order valence-corrected chi connectivity index (χ2v) is 4.61. The average molecular weight is 245 g/mol. The van der Waals surface area contributed by atoms with Gasteiger partial charge in [0.25, 0.3) is 0 Å². The first-order valence-electron chi connectivity index (χ1n) is 5.26. The minimum absolute atomic E-state index is 0.00306. The fourth-order valence-corrected chi connectivity index (χ4v) is 1.13. The molecule has 1 amide bonds. The zero-order chi connectivity index (χ0) is 13.6. The number of ether oxygens (including phenoxy) is 2. The van der Waals surface area contributed by atoms with Crippen molar-refractivity contribution in [3.8, 4) is 0 Å². The summed E-state index contributed by atoms with van der Waals surface area (Å²) in [6.45, 7) is 5.06. The van der Waals surface area contributed by atoms with Gasteiger partial charge in [-0.3, -0.25) is 14.4 Å². The van der Waals surface area contributed by atoms with Gasteiger partial charge in [-0.05, 0) is 27.2 Å². The minimum Gasteiger partial charge on any atom is -0.468 e. The lowest BCUT2D eigenvalue weighted by Crippen LogP contribution is -2.34. The first-order chi connectivity index (χ1) is 7.67. The van der Waals surface area contributed by atoms with Gasteiger partial charge in [-0.15, -0.1) is 0 Å². The van der Waals surface area contributed by atoms with Gasteiger partial charge >= 0.3 is 11.9 Å². The van der Waals surface area contributed by atoms with Gasteiger partial charge in [-0.25, -0.2) is 0 Å². The zero-order valence-electron chi connectivity index (χ0n) is 10.6. The number of amides is 1. The average Bonchev–Trinajstić information content (AvgIpc) is 2.14.